The van der Waals surface area contributed by atoms with E-state index in [2.05, 4.69) is 65.2 Å². The van der Waals surface area contributed by atoms with Crippen LogP contribution in [-0.2, 0) is 4.74 Å². The summed E-state index contributed by atoms with van der Waals surface area (Å²) in [7, 11) is 0. The first-order valence-electron chi connectivity index (χ1n) is 13.1. The van der Waals surface area contributed by atoms with Crippen molar-refractivity contribution in [1.82, 2.24) is 29.7 Å². The molecule has 3 aliphatic rings. The largest absolute Gasteiger partial charge is 0.380 e. The molecule has 0 bridgehead atoms. The van der Waals surface area contributed by atoms with Gasteiger partial charge in [0.15, 0.2) is 5.65 Å². The summed E-state index contributed by atoms with van der Waals surface area (Å²) in [5.74, 6) is 0.954. The Morgan fingerprint density at radius 3 is 2.60 bits per heavy atom. The van der Waals surface area contributed by atoms with Crippen LogP contribution in [0, 0.1) is 12.3 Å². The Labute approximate surface area is 205 Å². The molecule has 1 aliphatic carbocycles. The first-order valence-corrected chi connectivity index (χ1v) is 13.1. The summed E-state index contributed by atoms with van der Waals surface area (Å²) >= 11 is 0. The van der Waals surface area contributed by atoms with Crippen LogP contribution in [0.4, 0.5) is 0 Å². The molecule has 182 valence electrons. The molecule has 3 aromatic heterocycles. The van der Waals surface area contributed by atoms with Crippen molar-refractivity contribution >= 4 is 16.6 Å². The monoisotopic (exact) mass is 470 g/mol. The van der Waals surface area contributed by atoms with E-state index < -0.39 is 0 Å². The van der Waals surface area contributed by atoms with Gasteiger partial charge in [0.05, 0.1) is 24.4 Å². The summed E-state index contributed by atoms with van der Waals surface area (Å²) in [5, 5.41) is 14.0. The lowest BCUT2D eigenvalue weighted by Gasteiger charge is -2.58. The molecule has 0 amide bonds. The van der Waals surface area contributed by atoms with Crippen molar-refractivity contribution in [2.24, 2.45) is 5.41 Å². The van der Waals surface area contributed by atoms with Crippen LogP contribution >= 0.6 is 0 Å². The molecule has 5 heterocycles. The summed E-state index contributed by atoms with van der Waals surface area (Å²) < 4.78 is 7.34. The van der Waals surface area contributed by atoms with Gasteiger partial charge in [-0.05, 0) is 73.4 Å². The highest BCUT2D eigenvalue weighted by atomic mass is 16.5. The van der Waals surface area contributed by atoms with E-state index in [0.717, 1.165) is 36.0 Å². The van der Waals surface area contributed by atoms with Gasteiger partial charge in [-0.25, -0.2) is 9.50 Å². The van der Waals surface area contributed by atoms with Crippen molar-refractivity contribution in [3.63, 3.8) is 0 Å². The maximum atomic E-state index is 5.46. The smallest absolute Gasteiger partial charge is 0.158 e. The fourth-order valence-corrected chi connectivity index (χ4v) is 6.74. The van der Waals surface area contributed by atoms with Crippen molar-refractivity contribution in [2.45, 2.75) is 64.3 Å². The number of aryl methyl sites for hydroxylation is 1. The van der Waals surface area contributed by atoms with E-state index in [1.54, 1.807) is 6.33 Å². The lowest BCUT2D eigenvalue weighted by Crippen LogP contribution is -2.68. The Balaban J connectivity index is 1.17. The normalized spacial score (nSPS) is 24.3. The second kappa shape index (κ2) is 7.87. The standard InChI is InChI=1S/C28H34N6O/c1-17(2)22-9-24-25(10-23(22)20-8-18(3)27-29-16-30-34(27)11-20)31-32-26(24)19-4-6-21(7-5-19)33-12-28(13-33)14-35-15-28/h8-11,16-17,19,21H,4-7,12-15H2,1-3H3,(H,31,32). The molecule has 2 aliphatic heterocycles. The lowest BCUT2D eigenvalue weighted by atomic mass is 9.74. The van der Waals surface area contributed by atoms with Crippen LogP contribution in [0.3, 0.4) is 0 Å². The van der Waals surface area contributed by atoms with Crippen LogP contribution in [0.25, 0.3) is 27.7 Å². The third-order valence-electron chi connectivity index (χ3n) is 8.75. The van der Waals surface area contributed by atoms with E-state index in [1.165, 1.54) is 66.5 Å². The summed E-state index contributed by atoms with van der Waals surface area (Å²) in [5.41, 5.74) is 8.74. The minimum Gasteiger partial charge on any atom is -0.380 e. The first-order chi connectivity index (χ1) is 17.0. The van der Waals surface area contributed by atoms with Crippen LogP contribution < -0.4 is 0 Å². The SMILES string of the molecule is Cc1cc(-c2cc3[nH]nc(C4CCC(N5CC6(COC6)C5)CC4)c3cc2C(C)C)cn2ncnc12. The molecule has 7 heteroatoms. The van der Waals surface area contributed by atoms with E-state index in [-0.39, 0.29) is 0 Å². The molecule has 7 nitrogen and oxygen atoms in total. The van der Waals surface area contributed by atoms with Gasteiger partial charge in [-0.2, -0.15) is 10.2 Å². The number of H-pyrrole nitrogens is 1. The van der Waals surface area contributed by atoms with Gasteiger partial charge < -0.3 is 4.74 Å². The molecule has 1 spiro atoms. The molecular formula is C28H34N6O. The Kier molecular flexibility index (Phi) is 4.83. The minimum atomic E-state index is 0.411. The Morgan fingerprint density at radius 2 is 1.89 bits per heavy atom. The van der Waals surface area contributed by atoms with Gasteiger partial charge in [0.1, 0.15) is 6.33 Å². The molecule has 1 saturated carbocycles. The molecule has 1 N–H and O–H groups in total. The zero-order valence-corrected chi connectivity index (χ0v) is 20.9. The lowest BCUT2D eigenvalue weighted by molar-refractivity contribution is -0.200. The van der Waals surface area contributed by atoms with Crippen LogP contribution in [0.15, 0.2) is 30.7 Å². The number of nitrogens with zero attached hydrogens (tertiary/aromatic N) is 5. The predicted molar refractivity (Wildman–Crippen MR) is 137 cm³/mol. The van der Waals surface area contributed by atoms with Crippen molar-refractivity contribution in [2.75, 3.05) is 26.3 Å². The van der Waals surface area contributed by atoms with Crippen molar-refractivity contribution in [3.8, 4) is 11.1 Å². The highest BCUT2D eigenvalue weighted by Crippen LogP contribution is 2.44. The molecular weight excluding hydrogens is 436 g/mol. The van der Waals surface area contributed by atoms with Crippen molar-refractivity contribution in [1.29, 1.82) is 0 Å². The predicted octanol–water partition coefficient (Wildman–Crippen LogP) is 5.06. The molecule has 35 heavy (non-hydrogen) atoms. The fraction of sp³-hybridized carbons (Fsp3) is 0.536. The first kappa shape index (κ1) is 21.5. The highest BCUT2D eigenvalue weighted by Gasteiger charge is 2.50. The number of nitrogens with one attached hydrogen (secondary N) is 1. The molecule has 4 aromatic rings. The van der Waals surface area contributed by atoms with Gasteiger partial charge >= 0.3 is 0 Å². The average Bonchev–Trinajstić information content (AvgIpc) is 3.44. The topological polar surface area (TPSA) is 71.3 Å². The number of fused-ring (bicyclic) bond motifs is 2. The maximum absolute atomic E-state index is 5.46. The summed E-state index contributed by atoms with van der Waals surface area (Å²) in [6, 6.07) is 7.67. The zero-order valence-electron chi connectivity index (χ0n) is 20.9. The fourth-order valence-electron chi connectivity index (χ4n) is 6.74. The summed E-state index contributed by atoms with van der Waals surface area (Å²) in [6.07, 6.45) is 8.73. The number of ether oxygens (including phenoxy) is 1. The van der Waals surface area contributed by atoms with Crippen LogP contribution in [0.1, 0.15) is 68.2 Å². The molecule has 0 atom stereocenters. The Bertz CT molecular complexity index is 1400. The number of hydrogen-bond acceptors (Lipinski definition) is 5. The van der Waals surface area contributed by atoms with E-state index >= 15 is 0 Å². The van der Waals surface area contributed by atoms with Crippen LogP contribution in [-0.4, -0.2) is 62.0 Å². The molecule has 3 fully saturated rings. The second-order valence-electron chi connectivity index (χ2n) is 11.6. The maximum Gasteiger partial charge on any atom is 0.158 e. The molecule has 0 radical (unpaired) electrons. The number of hydrogen-bond donors (Lipinski definition) is 1. The molecule has 2 saturated heterocycles. The third-order valence-corrected chi connectivity index (χ3v) is 8.75. The molecule has 7 rings (SSSR count). The van der Waals surface area contributed by atoms with Gasteiger partial charge in [-0.15, -0.1) is 0 Å². The van der Waals surface area contributed by atoms with E-state index in [1.807, 2.05) is 4.52 Å². The number of aromatic amines is 1. The molecule has 1 aromatic carbocycles. The number of benzene rings is 1. The zero-order chi connectivity index (χ0) is 23.7. The summed E-state index contributed by atoms with van der Waals surface area (Å²) in [4.78, 5) is 7.09. The Hall–Kier alpha value is -2.77. The van der Waals surface area contributed by atoms with Gasteiger partial charge in [0.2, 0.25) is 0 Å². The van der Waals surface area contributed by atoms with E-state index in [9.17, 15) is 0 Å². The number of aromatic nitrogens is 5. The number of likely N-dealkylation sites (tertiary alicyclic amines) is 1. The third kappa shape index (κ3) is 3.43. The molecule has 0 unspecified atom stereocenters. The van der Waals surface area contributed by atoms with Gasteiger partial charge in [-0.1, -0.05) is 13.8 Å². The average molecular weight is 471 g/mol. The minimum absolute atomic E-state index is 0.411. The van der Waals surface area contributed by atoms with Gasteiger partial charge in [0.25, 0.3) is 0 Å². The number of pyridine rings is 1. The van der Waals surface area contributed by atoms with E-state index in [0.29, 0.717) is 17.3 Å². The Morgan fingerprint density at radius 1 is 1.09 bits per heavy atom. The quantitative estimate of drug-likeness (QED) is 0.451. The van der Waals surface area contributed by atoms with Crippen molar-refractivity contribution < 1.29 is 4.74 Å². The summed E-state index contributed by atoms with van der Waals surface area (Å²) in [6.45, 7) is 11.1. The van der Waals surface area contributed by atoms with Crippen molar-refractivity contribution in [3.05, 3.63) is 47.5 Å². The second-order valence-corrected chi connectivity index (χ2v) is 11.6. The van der Waals surface area contributed by atoms with E-state index in [4.69, 9.17) is 9.84 Å². The van der Waals surface area contributed by atoms with Gasteiger partial charge in [-0.3, -0.25) is 10.00 Å². The highest BCUT2D eigenvalue weighted by molar-refractivity contribution is 5.89. The van der Waals surface area contributed by atoms with Crippen LogP contribution in [0.2, 0.25) is 0 Å². The van der Waals surface area contributed by atoms with Gasteiger partial charge in [0, 0.05) is 47.6 Å². The van der Waals surface area contributed by atoms with Crippen LogP contribution in [0.5, 0.6) is 0 Å². The number of rotatable bonds is 4.